The number of rotatable bonds is 2. The van der Waals surface area contributed by atoms with Crippen LogP contribution < -0.4 is 0 Å². The van der Waals surface area contributed by atoms with E-state index >= 15 is 0 Å². The van der Waals surface area contributed by atoms with E-state index in [1.165, 1.54) is 24.8 Å². The first-order chi connectivity index (χ1) is 9.93. The fourth-order valence-corrected chi connectivity index (χ4v) is 5.21. The number of benzene rings is 1. The van der Waals surface area contributed by atoms with E-state index in [0.29, 0.717) is 11.5 Å². The molecule has 21 heavy (non-hydrogen) atoms. The van der Waals surface area contributed by atoms with Crippen LogP contribution in [0.5, 0.6) is 0 Å². The van der Waals surface area contributed by atoms with Crippen molar-refractivity contribution in [2.75, 3.05) is 0 Å². The number of ether oxygens (including phenoxy) is 1. The third-order valence-electron chi connectivity index (χ3n) is 7.20. The van der Waals surface area contributed by atoms with Crippen LogP contribution in [0.25, 0.3) is 0 Å². The second kappa shape index (κ2) is 4.33. The standard InChI is InChI=1S/C19H26O2/c1-18(2)13-8-9-19(18,3)16(11-13)21-15-10-12-6-4-5-7-14(12)17(15)20/h4-7,13,15-17,20H,8-11H2,1-3H3. The summed E-state index contributed by atoms with van der Waals surface area (Å²) < 4.78 is 6.49. The fourth-order valence-electron chi connectivity index (χ4n) is 5.21. The predicted octanol–water partition coefficient (Wildman–Crippen LogP) is 3.88. The average molecular weight is 286 g/mol. The van der Waals surface area contributed by atoms with Crippen LogP contribution in [0.2, 0.25) is 0 Å². The zero-order valence-electron chi connectivity index (χ0n) is 13.3. The van der Waals surface area contributed by atoms with Crippen molar-refractivity contribution in [2.24, 2.45) is 16.7 Å². The van der Waals surface area contributed by atoms with Gasteiger partial charge in [0.1, 0.15) is 6.10 Å². The Morgan fingerprint density at radius 2 is 1.95 bits per heavy atom. The number of fused-ring (bicyclic) bond motifs is 3. The van der Waals surface area contributed by atoms with Crippen molar-refractivity contribution in [3.8, 4) is 0 Å². The Balaban J connectivity index is 1.54. The van der Waals surface area contributed by atoms with Crippen LogP contribution in [0, 0.1) is 16.7 Å². The van der Waals surface area contributed by atoms with Gasteiger partial charge in [0.25, 0.3) is 0 Å². The summed E-state index contributed by atoms with van der Waals surface area (Å²) in [6.45, 7) is 7.22. The first kappa shape index (κ1) is 13.8. The minimum Gasteiger partial charge on any atom is -0.386 e. The Labute approximate surface area is 127 Å². The maximum absolute atomic E-state index is 10.6. The monoisotopic (exact) mass is 286 g/mol. The van der Waals surface area contributed by atoms with Crippen LogP contribution in [-0.4, -0.2) is 17.3 Å². The summed E-state index contributed by atoms with van der Waals surface area (Å²) in [5.41, 5.74) is 2.96. The summed E-state index contributed by atoms with van der Waals surface area (Å²) in [5, 5.41) is 10.6. The van der Waals surface area contributed by atoms with Crippen molar-refractivity contribution in [1.29, 1.82) is 0 Å². The molecule has 1 aromatic rings. The molecule has 1 aromatic carbocycles. The molecule has 2 saturated carbocycles. The lowest BCUT2D eigenvalue weighted by molar-refractivity contribution is -0.119. The number of hydrogen-bond acceptors (Lipinski definition) is 2. The van der Waals surface area contributed by atoms with Gasteiger partial charge in [0.2, 0.25) is 0 Å². The van der Waals surface area contributed by atoms with Gasteiger partial charge < -0.3 is 9.84 Å². The van der Waals surface area contributed by atoms with E-state index in [4.69, 9.17) is 4.74 Å². The SMILES string of the molecule is CC1(C)C2CCC1(C)C(OC1Cc3ccccc3C1O)C2. The van der Waals surface area contributed by atoms with Gasteiger partial charge >= 0.3 is 0 Å². The fraction of sp³-hybridized carbons (Fsp3) is 0.684. The molecule has 1 N–H and O–H groups in total. The van der Waals surface area contributed by atoms with E-state index in [9.17, 15) is 5.11 Å². The minimum atomic E-state index is -0.452. The largest absolute Gasteiger partial charge is 0.386 e. The summed E-state index contributed by atoms with van der Waals surface area (Å²) in [4.78, 5) is 0. The molecule has 5 unspecified atom stereocenters. The molecule has 0 spiro atoms. The molecule has 0 aromatic heterocycles. The van der Waals surface area contributed by atoms with Gasteiger partial charge in [-0.1, -0.05) is 45.0 Å². The van der Waals surface area contributed by atoms with Crippen molar-refractivity contribution in [2.45, 2.75) is 64.8 Å². The van der Waals surface area contributed by atoms with Gasteiger partial charge in [-0.2, -0.15) is 0 Å². The maximum atomic E-state index is 10.6. The van der Waals surface area contributed by atoms with E-state index in [-0.39, 0.29) is 11.5 Å². The molecule has 0 saturated heterocycles. The molecule has 3 aliphatic rings. The van der Waals surface area contributed by atoms with E-state index in [1.807, 2.05) is 12.1 Å². The summed E-state index contributed by atoms with van der Waals surface area (Å²) in [6.07, 6.45) is 4.44. The highest BCUT2D eigenvalue weighted by Gasteiger charge is 2.62. The number of aliphatic hydroxyl groups is 1. The molecule has 4 rings (SSSR count). The van der Waals surface area contributed by atoms with Crippen molar-refractivity contribution in [3.05, 3.63) is 35.4 Å². The summed E-state index contributed by atoms with van der Waals surface area (Å²) in [5.74, 6) is 0.786. The molecular weight excluding hydrogens is 260 g/mol. The molecule has 114 valence electrons. The van der Waals surface area contributed by atoms with Crippen LogP contribution in [0.3, 0.4) is 0 Å². The van der Waals surface area contributed by atoms with Gasteiger partial charge in [0, 0.05) is 6.42 Å². The van der Waals surface area contributed by atoms with Crippen molar-refractivity contribution in [3.63, 3.8) is 0 Å². The van der Waals surface area contributed by atoms with E-state index in [1.54, 1.807) is 0 Å². The average Bonchev–Trinajstić information content (AvgIpc) is 2.95. The third-order valence-corrected chi connectivity index (χ3v) is 7.20. The van der Waals surface area contributed by atoms with Crippen LogP contribution in [-0.2, 0) is 11.2 Å². The lowest BCUT2D eigenvalue weighted by Crippen LogP contribution is -2.40. The molecule has 0 amide bonds. The number of aliphatic hydroxyl groups excluding tert-OH is 1. The van der Waals surface area contributed by atoms with Gasteiger partial charge in [-0.3, -0.25) is 0 Å². The molecule has 5 atom stereocenters. The molecule has 2 bridgehead atoms. The Kier molecular flexibility index (Phi) is 2.84. The van der Waals surface area contributed by atoms with Gasteiger partial charge in [-0.05, 0) is 47.1 Å². The highest BCUT2D eigenvalue weighted by Crippen LogP contribution is 2.66. The molecule has 0 heterocycles. The summed E-state index contributed by atoms with van der Waals surface area (Å²) in [7, 11) is 0. The van der Waals surface area contributed by atoms with Gasteiger partial charge in [0.15, 0.2) is 0 Å². The number of hydrogen-bond donors (Lipinski definition) is 1. The molecule has 3 aliphatic carbocycles. The molecular formula is C19H26O2. The molecule has 2 heteroatoms. The first-order valence-electron chi connectivity index (χ1n) is 8.35. The third kappa shape index (κ3) is 1.72. The predicted molar refractivity (Wildman–Crippen MR) is 83.0 cm³/mol. The Morgan fingerprint density at radius 1 is 1.19 bits per heavy atom. The normalized spacial score (nSPS) is 43.2. The van der Waals surface area contributed by atoms with Crippen LogP contribution >= 0.6 is 0 Å². The van der Waals surface area contributed by atoms with Gasteiger partial charge in [-0.15, -0.1) is 0 Å². The van der Waals surface area contributed by atoms with Crippen LogP contribution in [0.15, 0.2) is 24.3 Å². The van der Waals surface area contributed by atoms with Crippen molar-refractivity contribution in [1.82, 2.24) is 0 Å². The zero-order valence-corrected chi connectivity index (χ0v) is 13.3. The summed E-state index contributed by atoms with van der Waals surface area (Å²) in [6, 6.07) is 8.21. The van der Waals surface area contributed by atoms with Gasteiger partial charge in [-0.25, -0.2) is 0 Å². The van der Waals surface area contributed by atoms with E-state index in [2.05, 4.69) is 32.9 Å². The highest BCUT2D eigenvalue weighted by atomic mass is 16.5. The zero-order chi connectivity index (χ0) is 14.8. The Bertz CT molecular complexity index is 564. The van der Waals surface area contributed by atoms with E-state index in [0.717, 1.165) is 17.9 Å². The lowest BCUT2D eigenvalue weighted by Gasteiger charge is -2.40. The van der Waals surface area contributed by atoms with E-state index < -0.39 is 6.10 Å². The highest BCUT2D eigenvalue weighted by molar-refractivity contribution is 5.35. The molecule has 2 nitrogen and oxygen atoms in total. The second-order valence-corrected chi connectivity index (χ2v) is 8.12. The lowest BCUT2D eigenvalue weighted by atomic mass is 9.70. The maximum Gasteiger partial charge on any atom is 0.106 e. The second-order valence-electron chi connectivity index (χ2n) is 8.12. The van der Waals surface area contributed by atoms with Crippen molar-refractivity contribution >= 4 is 0 Å². The van der Waals surface area contributed by atoms with Gasteiger partial charge in [0.05, 0.1) is 12.2 Å². The topological polar surface area (TPSA) is 29.5 Å². The molecule has 0 radical (unpaired) electrons. The van der Waals surface area contributed by atoms with Crippen molar-refractivity contribution < 1.29 is 9.84 Å². The molecule has 2 fully saturated rings. The molecule has 0 aliphatic heterocycles. The van der Waals surface area contributed by atoms with Crippen LogP contribution in [0.4, 0.5) is 0 Å². The Morgan fingerprint density at radius 3 is 2.57 bits per heavy atom. The van der Waals surface area contributed by atoms with Crippen LogP contribution in [0.1, 0.15) is 57.3 Å². The smallest absolute Gasteiger partial charge is 0.106 e. The summed E-state index contributed by atoms with van der Waals surface area (Å²) >= 11 is 0. The Hall–Kier alpha value is -0.860. The minimum absolute atomic E-state index is 0.0561. The quantitative estimate of drug-likeness (QED) is 0.894. The first-order valence-corrected chi connectivity index (χ1v) is 8.35.